The summed E-state index contributed by atoms with van der Waals surface area (Å²) in [6.07, 6.45) is 0.539. The van der Waals surface area contributed by atoms with Gasteiger partial charge < -0.3 is 5.11 Å². The molecule has 1 amide bonds. The zero-order valence-corrected chi connectivity index (χ0v) is 13.1. The second-order valence-corrected chi connectivity index (χ2v) is 5.40. The summed E-state index contributed by atoms with van der Waals surface area (Å²) in [6.45, 7) is 6.28. The first-order chi connectivity index (χ1) is 9.40. The van der Waals surface area contributed by atoms with Crippen molar-refractivity contribution in [2.24, 2.45) is 0 Å². The number of likely N-dealkylation sites (N-methyl/N-ethyl adjacent to an activating group) is 1. The van der Waals surface area contributed by atoms with Gasteiger partial charge in [-0.2, -0.15) is 0 Å². The second-order valence-electron chi connectivity index (χ2n) is 4.56. The highest BCUT2D eigenvalue weighted by atomic mass is 32.1. The van der Waals surface area contributed by atoms with E-state index < -0.39 is 12.0 Å². The minimum atomic E-state index is -0.829. The molecule has 1 heterocycles. The van der Waals surface area contributed by atoms with E-state index in [2.05, 4.69) is 4.98 Å². The second kappa shape index (κ2) is 7.35. The first-order valence-corrected chi connectivity index (χ1v) is 7.44. The summed E-state index contributed by atoms with van der Waals surface area (Å²) in [5.41, 5.74) is 0.784. The summed E-state index contributed by atoms with van der Waals surface area (Å²) in [5.74, 6) is -0.872. The Morgan fingerprint density at radius 2 is 2.10 bits per heavy atom. The molecule has 1 atom stereocenters. The van der Waals surface area contributed by atoms with Gasteiger partial charge in [0.2, 0.25) is 5.91 Å². The average molecular weight is 299 g/mol. The van der Waals surface area contributed by atoms with Crippen LogP contribution in [0.3, 0.4) is 0 Å². The summed E-state index contributed by atoms with van der Waals surface area (Å²) in [4.78, 5) is 30.3. The minimum Gasteiger partial charge on any atom is -0.480 e. The van der Waals surface area contributed by atoms with E-state index in [-0.39, 0.29) is 5.91 Å². The summed E-state index contributed by atoms with van der Waals surface area (Å²) in [6, 6.07) is -0.518. The number of anilines is 1. The van der Waals surface area contributed by atoms with E-state index in [4.69, 9.17) is 5.11 Å². The number of carbonyl (C=O) groups is 2. The lowest BCUT2D eigenvalue weighted by atomic mass is 10.2. The van der Waals surface area contributed by atoms with Crippen LogP contribution >= 0.6 is 11.3 Å². The van der Waals surface area contributed by atoms with E-state index >= 15 is 0 Å². The third-order valence-electron chi connectivity index (χ3n) is 3.08. The highest BCUT2D eigenvalue weighted by Gasteiger charge is 2.21. The van der Waals surface area contributed by atoms with E-state index in [0.717, 1.165) is 5.69 Å². The Labute approximate surface area is 123 Å². The lowest BCUT2D eigenvalue weighted by Crippen LogP contribution is -2.37. The van der Waals surface area contributed by atoms with Gasteiger partial charge in [0, 0.05) is 25.4 Å². The van der Waals surface area contributed by atoms with Crippen molar-refractivity contribution < 1.29 is 14.7 Å². The first kappa shape index (κ1) is 16.6. The molecule has 0 aliphatic heterocycles. The molecule has 0 saturated carbocycles. The topological polar surface area (TPSA) is 73.7 Å². The molecular weight excluding hydrogens is 278 g/mol. The number of hydrogen-bond donors (Lipinski definition) is 1. The van der Waals surface area contributed by atoms with Gasteiger partial charge in [-0.1, -0.05) is 6.92 Å². The van der Waals surface area contributed by atoms with E-state index in [1.54, 1.807) is 16.8 Å². The fourth-order valence-electron chi connectivity index (χ4n) is 2.03. The van der Waals surface area contributed by atoms with Crippen molar-refractivity contribution >= 4 is 28.3 Å². The van der Waals surface area contributed by atoms with Crippen LogP contribution in [0.2, 0.25) is 0 Å². The number of rotatable bonds is 7. The molecule has 0 bridgehead atoms. The lowest BCUT2D eigenvalue weighted by molar-refractivity contribution is -0.143. The van der Waals surface area contributed by atoms with Crippen LogP contribution in [-0.2, 0) is 16.1 Å². The Balaban J connectivity index is 2.77. The monoisotopic (exact) mass is 299 g/mol. The Bertz CT molecular complexity index is 475. The first-order valence-electron chi connectivity index (χ1n) is 6.56. The van der Waals surface area contributed by atoms with Crippen LogP contribution in [0.15, 0.2) is 5.38 Å². The predicted octanol–water partition coefficient (Wildman–Crippen LogP) is 1.81. The molecule has 0 radical (unpaired) electrons. The molecule has 0 aliphatic carbocycles. The van der Waals surface area contributed by atoms with Gasteiger partial charge in [0.05, 0.1) is 5.69 Å². The van der Waals surface area contributed by atoms with Gasteiger partial charge in [-0.25, -0.2) is 4.98 Å². The van der Waals surface area contributed by atoms with Gasteiger partial charge in [-0.3, -0.25) is 19.4 Å². The van der Waals surface area contributed by atoms with Crippen molar-refractivity contribution in [2.45, 2.75) is 39.8 Å². The number of aliphatic carboxylic acids is 1. The third-order valence-corrected chi connectivity index (χ3v) is 3.99. The van der Waals surface area contributed by atoms with Crippen molar-refractivity contribution in [3.05, 3.63) is 11.1 Å². The normalized spacial score (nSPS) is 12.4. The fraction of sp³-hybridized carbons (Fsp3) is 0.615. The van der Waals surface area contributed by atoms with Crippen molar-refractivity contribution in [3.8, 4) is 0 Å². The smallest absolute Gasteiger partial charge is 0.320 e. The van der Waals surface area contributed by atoms with Gasteiger partial charge in [0.25, 0.3) is 0 Å². The molecule has 20 heavy (non-hydrogen) atoms. The standard InChI is InChI=1S/C13H21N3O3S/c1-5-11(12(18)19)15(4)7-10-8-20-13(14-10)16(6-2)9(3)17/h8,11H,5-7H2,1-4H3,(H,18,19). The maximum Gasteiger partial charge on any atom is 0.320 e. The largest absolute Gasteiger partial charge is 0.480 e. The van der Waals surface area contributed by atoms with E-state index in [0.29, 0.717) is 24.6 Å². The van der Waals surface area contributed by atoms with Crippen LogP contribution in [0, 0.1) is 0 Å². The zero-order chi connectivity index (χ0) is 15.3. The molecule has 0 saturated heterocycles. The number of hydrogen-bond acceptors (Lipinski definition) is 5. The fourth-order valence-corrected chi connectivity index (χ4v) is 2.95. The summed E-state index contributed by atoms with van der Waals surface area (Å²) < 4.78 is 0. The van der Waals surface area contributed by atoms with Crippen molar-refractivity contribution in [1.82, 2.24) is 9.88 Å². The molecule has 0 aromatic carbocycles. The highest BCUT2D eigenvalue weighted by molar-refractivity contribution is 7.14. The predicted molar refractivity (Wildman–Crippen MR) is 79.0 cm³/mol. The molecule has 112 valence electrons. The van der Waals surface area contributed by atoms with Crippen molar-refractivity contribution in [1.29, 1.82) is 0 Å². The maximum atomic E-state index is 11.5. The van der Waals surface area contributed by atoms with Crippen LogP contribution < -0.4 is 4.90 Å². The van der Waals surface area contributed by atoms with Crippen LogP contribution in [0.4, 0.5) is 5.13 Å². The van der Waals surface area contributed by atoms with Crippen molar-refractivity contribution in [3.63, 3.8) is 0 Å². The number of amides is 1. The number of nitrogens with zero attached hydrogens (tertiary/aromatic N) is 3. The number of carboxylic acids is 1. The SMILES string of the molecule is CCC(C(=O)O)N(C)Cc1csc(N(CC)C(C)=O)n1. The molecule has 0 fully saturated rings. The summed E-state index contributed by atoms with van der Waals surface area (Å²) >= 11 is 1.40. The zero-order valence-electron chi connectivity index (χ0n) is 12.3. The maximum absolute atomic E-state index is 11.5. The molecule has 1 aromatic rings. The highest BCUT2D eigenvalue weighted by Crippen LogP contribution is 2.21. The van der Waals surface area contributed by atoms with Gasteiger partial charge >= 0.3 is 5.97 Å². The van der Waals surface area contributed by atoms with Gasteiger partial charge in [-0.05, 0) is 20.4 Å². The number of aromatic nitrogens is 1. The quantitative estimate of drug-likeness (QED) is 0.831. The van der Waals surface area contributed by atoms with Gasteiger partial charge in [0.1, 0.15) is 6.04 Å². The van der Waals surface area contributed by atoms with Crippen LogP contribution in [0.1, 0.15) is 32.9 Å². The Morgan fingerprint density at radius 1 is 1.45 bits per heavy atom. The average Bonchev–Trinajstić information content (AvgIpc) is 2.78. The third kappa shape index (κ3) is 4.01. The Kier molecular flexibility index (Phi) is 6.09. The Hall–Kier alpha value is -1.47. The molecule has 6 nitrogen and oxygen atoms in total. The number of thiazole rings is 1. The summed E-state index contributed by atoms with van der Waals surface area (Å²) in [5, 5.41) is 11.6. The van der Waals surface area contributed by atoms with E-state index in [1.165, 1.54) is 18.3 Å². The van der Waals surface area contributed by atoms with Crippen molar-refractivity contribution in [2.75, 3.05) is 18.5 Å². The number of carboxylic acid groups (broad SMARTS) is 1. The van der Waals surface area contributed by atoms with Crippen LogP contribution in [-0.4, -0.2) is 46.5 Å². The molecule has 1 rings (SSSR count). The van der Waals surface area contributed by atoms with Crippen LogP contribution in [0.25, 0.3) is 0 Å². The van der Waals surface area contributed by atoms with E-state index in [1.807, 2.05) is 19.2 Å². The molecular formula is C13H21N3O3S. The lowest BCUT2D eigenvalue weighted by Gasteiger charge is -2.22. The Morgan fingerprint density at radius 3 is 2.55 bits per heavy atom. The van der Waals surface area contributed by atoms with E-state index in [9.17, 15) is 9.59 Å². The molecule has 0 aliphatic rings. The van der Waals surface area contributed by atoms with Gasteiger partial charge in [-0.15, -0.1) is 11.3 Å². The molecule has 1 N–H and O–H groups in total. The molecule has 1 unspecified atom stereocenters. The van der Waals surface area contributed by atoms with Gasteiger partial charge in [0.15, 0.2) is 5.13 Å². The number of carbonyl (C=O) groups excluding carboxylic acids is 1. The van der Waals surface area contributed by atoms with Crippen LogP contribution in [0.5, 0.6) is 0 Å². The minimum absolute atomic E-state index is 0.0428. The molecule has 1 aromatic heterocycles. The summed E-state index contributed by atoms with van der Waals surface area (Å²) in [7, 11) is 1.77. The molecule has 0 spiro atoms. The molecule has 7 heteroatoms.